The molecule has 1 fully saturated rings. The summed E-state index contributed by atoms with van der Waals surface area (Å²) in [5.41, 5.74) is -0.668. The van der Waals surface area contributed by atoms with Gasteiger partial charge in [0.2, 0.25) is 0 Å². The van der Waals surface area contributed by atoms with E-state index in [0.29, 0.717) is 13.2 Å². The molecule has 1 aliphatic heterocycles. The van der Waals surface area contributed by atoms with Crippen molar-refractivity contribution >= 4 is 5.97 Å². The van der Waals surface area contributed by atoms with Gasteiger partial charge in [-0.1, -0.05) is 6.92 Å². The van der Waals surface area contributed by atoms with Crippen LogP contribution in [0.1, 0.15) is 40.0 Å². The van der Waals surface area contributed by atoms with Crippen molar-refractivity contribution in [1.82, 2.24) is 4.90 Å². The van der Waals surface area contributed by atoms with E-state index < -0.39 is 5.60 Å². The fourth-order valence-electron chi connectivity index (χ4n) is 2.34. The minimum absolute atomic E-state index is 0.164. The maximum absolute atomic E-state index is 11.7. The van der Waals surface area contributed by atoms with Gasteiger partial charge in [0.1, 0.15) is 6.04 Å². The zero-order valence-corrected chi connectivity index (χ0v) is 10.5. The number of esters is 1. The average molecular weight is 229 g/mol. The van der Waals surface area contributed by atoms with Crippen molar-refractivity contribution < 1.29 is 14.6 Å². The van der Waals surface area contributed by atoms with E-state index in [0.717, 1.165) is 25.8 Å². The first kappa shape index (κ1) is 13.5. The lowest BCUT2D eigenvalue weighted by atomic mass is 9.93. The van der Waals surface area contributed by atoms with E-state index >= 15 is 0 Å². The number of rotatable bonds is 4. The van der Waals surface area contributed by atoms with Crippen molar-refractivity contribution in [3.05, 3.63) is 0 Å². The number of hydrogen-bond acceptors (Lipinski definition) is 4. The zero-order valence-electron chi connectivity index (χ0n) is 10.5. The number of nitrogens with zero attached hydrogens (tertiary/aromatic N) is 1. The molecule has 1 aliphatic rings. The minimum atomic E-state index is -0.668. The van der Waals surface area contributed by atoms with E-state index in [1.807, 2.05) is 25.7 Å². The van der Waals surface area contributed by atoms with Gasteiger partial charge >= 0.3 is 5.97 Å². The van der Waals surface area contributed by atoms with Gasteiger partial charge in [0.25, 0.3) is 0 Å². The van der Waals surface area contributed by atoms with Crippen molar-refractivity contribution in [2.75, 3.05) is 19.7 Å². The summed E-state index contributed by atoms with van der Waals surface area (Å²) in [5.74, 6) is -0.164. The molecule has 4 heteroatoms. The molecule has 1 N–H and O–H groups in total. The molecule has 0 aromatic rings. The van der Waals surface area contributed by atoms with Crippen LogP contribution in [-0.2, 0) is 9.53 Å². The molecular weight excluding hydrogens is 206 g/mol. The standard InChI is InChI=1S/C12H23NO3/c1-4-10(11(14)16-5-2)13-8-6-7-12(3,15)9-13/h10,15H,4-9H2,1-3H3. The predicted octanol–water partition coefficient (Wildman–Crippen LogP) is 1.17. The third-order valence-corrected chi connectivity index (χ3v) is 3.09. The van der Waals surface area contributed by atoms with Gasteiger partial charge < -0.3 is 9.84 Å². The van der Waals surface area contributed by atoms with Crippen molar-refractivity contribution in [3.63, 3.8) is 0 Å². The molecular formula is C12H23NO3. The molecule has 0 bridgehead atoms. The minimum Gasteiger partial charge on any atom is -0.465 e. The Balaban J connectivity index is 2.62. The Morgan fingerprint density at radius 1 is 1.56 bits per heavy atom. The first-order valence-corrected chi connectivity index (χ1v) is 6.13. The van der Waals surface area contributed by atoms with Gasteiger partial charge in [0.15, 0.2) is 0 Å². The second kappa shape index (κ2) is 5.64. The molecule has 0 aliphatic carbocycles. The van der Waals surface area contributed by atoms with Crippen LogP contribution in [0.4, 0.5) is 0 Å². The van der Waals surface area contributed by atoms with Crippen molar-refractivity contribution in [2.45, 2.75) is 51.7 Å². The van der Waals surface area contributed by atoms with Crippen LogP contribution in [0.15, 0.2) is 0 Å². The molecule has 1 heterocycles. The van der Waals surface area contributed by atoms with E-state index in [9.17, 15) is 9.90 Å². The summed E-state index contributed by atoms with van der Waals surface area (Å²) in [7, 11) is 0. The van der Waals surface area contributed by atoms with Crippen LogP contribution in [0.2, 0.25) is 0 Å². The maximum atomic E-state index is 11.7. The lowest BCUT2D eigenvalue weighted by molar-refractivity contribution is -0.152. The Morgan fingerprint density at radius 2 is 2.25 bits per heavy atom. The summed E-state index contributed by atoms with van der Waals surface area (Å²) in [6.45, 7) is 7.47. The monoisotopic (exact) mass is 229 g/mol. The fourth-order valence-corrected chi connectivity index (χ4v) is 2.34. The van der Waals surface area contributed by atoms with Crippen LogP contribution in [0.3, 0.4) is 0 Å². The molecule has 4 nitrogen and oxygen atoms in total. The van der Waals surface area contributed by atoms with Crippen LogP contribution in [0, 0.1) is 0 Å². The van der Waals surface area contributed by atoms with Crippen LogP contribution in [0.5, 0.6) is 0 Å². The Bertz CT molecular complexity index is 240. The van der Waals surface area contributed by atoms with Crippen molar-refractivity contribution in [2.24, 2.45) is 0 Å². The highest BCUT2D eigenvalue weighted by Gasteiger charge is 2.34. The summed E-state index contributed by atoms with van der Waals surface area (Å²) in [6.07, 6.45) is 2.47. The largest absolute Gasteiger partial charge is 0.465 e. The number of β-amino-alcohol motifs (C(OH)–C–C–N with tert-alkyl or cyclic N) is 1. The second-order valence-corrected chi connectivity index (χ2v) is 4.75. The summed E-state index contributed by atoms with van der Waals surface area (Å²) in [4.78, 5) is 13.8. The highest BCUT2D eigenvalue weighted by Crippen LogP contribution is 2.23. The van der Waals surface area contributed by atoms with Crippen LogP contribution >= 0.6 is 0 Å². The van der Waals surface area contributed by atoms with Gasteiger partial charge in [-0.3, -0.25) is 9.69 Å². The maximum Gasteiger partial charge on any atom is 0.323 e. The number of carbonyl (C=O) groups excluding carboxylic acids is 1. The number of carbonyl (C=O) groups is 1. The number of aliphatic hydroxyl groups is 1. The lowest BCUT2D eigenvalue weighted by Crippen LogP contribution is -2.52. The summed E-state index contributed by atoms with van der Waals surface area (Å²) in [5, 5.41) is 10.0. The first-order chi connectivity index (χ1) is 7.50. The topological polar surface area (TPSA) is 49.8 Å². The zero-order chi connectivity index (χ0) is 12.2. The Hall–Kier alpha value is -0.610. The molecule has 0 radical (unpaired) electrons. The van der Waals surface area contributed by atoms with Crippen molar-refractivity contribution in [1.29, 1.82) is 0 Å². The Morgan fingerprint density at radius 3 is 2.75 bits per heavy atom. The lowest BCUT2D eigenvalue weighted by Gasteiger charge is -2.39. The number of hydrogen-bond donors (Lipinski definition) is 1. The normalized spacial score (nSPS) is 28.8. The molecule has 1 rings (SSSR count). The molecule has 0 aromatic heterocycles. The van der Waals surface area contributed by atoms with E-state index in [2.05, 4.69) is 0 Å². The third-order valence-electron chi connectivity index (χ3n) is 3.09. The highest BCUT2D eigenvalue weighted by atomic mass is 16.5. The smallest absolute Gasteiger partial charge is 0.323 e. The first-order valence-electron chi connectivity index (χ1n) is 6.13. The van der Waals surface area contributed by atoms with Gasteiger partial charge in [-0.15, -0.1) is 0 Å². The SMILES string of the molecule is CCOC(=O)C(CC)N1CCCC(C)(O)C1. The van der Waals surface area contributed by atoms with Crippen molar-refractivity contribution in [3.8, 4) is 0 Å². The molecule has 2 unspecified atom stereocenters. The molecule has 0 aromatic carbocycles. The van der Waals surface area contributed by atoms with Gasteiger partial charge in [0, 0.05) is 6.54 Å². The van der Waals surface area contributed by atoms with Crippen LogP contribution in [-0.4, -0.2) is 47.3 Å². The van der Waals surface area contributed by atoms with E-state index in [1.165, 1.54) is 0 Å². The molecule has 94 valence electrons. The number of ether oxygens (including phenoxy) is 1. The summed E-state index contributed by atoms with van der Waals surface area (Å²) < 4.78 is 5.05. The summed E-state index contributed by atoms with van der Waals surface area (Å²) in [6, 6.07) is -0.202. The average Bonchev–Trinajstić information content (AvgIpc) is 2.17. The van der Waals surface area contributed by atoms with Crippen LogP contribution < -0.4 is 0 Å². The quantitative estimate of drug-likeness (QED) is 0.735. The Kier molecular flexibility index (Phi) is 4.74. The number of likely N-dealkylation sites (tertiary alicyclic amines) is 1. The predicted molar refractivity (Wildman–Crippen MR) is 62.1 cm³/mol. The van der Waals surface area contributed by atoms with Gasteiger partial charge in [-0.2, -0.15) is 0 Å². The number of piperidine rings is 1. The van der Waals surface area contributed by atoms with Gasteiger partial charge in [-0.05, 0) is 39.7 Å². The molecule has 2 atom stereocenters. The molecule has 16 heavy (non-hydrogen) atoms. The second-order valence-electron chi connectivity index (χ2n) is 4.75. The van der Waals surface area contributed by atoms with Crippen LogP contribution in [0.25, 0.3) is 0 Å². The van der Waals surface area contributed by atoms with Gasteiger partial charge in [-0.25, -0.2) is 0 Å². The highest BCUT2D eigenvalue weighted by molar-refractivity contribution is 5.75. The Labute approximate surface area is 97.6 Å². The molecule has 0 amide bonds. The summed E-state index contributed by atoms with van der Waals surface area (Å²) >= 11 is 0. The molecule has 1 saturated heterocycles. The van der Waals surface area contributed by atoms with E-state index in [4.69, 9.17) is 4.74 Å². The third kappa shape index (κ3) is 3.46. The molecule has 0 saturated carbocycles. The van der Waals surface area contributed by atoms with E-state index in [1.54, 1.807) is 0 Å². The van der Waals surface area contributed by atoms with Gasteiger partial charge in [0.05, 0.1) is 12.2 Å². The fraction of sp³-hybridized carbons (Fsp3) is 0.917. The van der Waals surface area contributed by atoms with E-state index in [-0.39, 0.29) is 12.0 Å². The molecule has 0 spiro atoms.